The van der Waals surface area contributed by atoms with Gasteiger partial charge in [-0.05, 0) is 44.5 Å². The van der Waals surface area contributed by atoms with Crippen LogP contribution in [-0.2, 0) is 15.6 Å². The summed E-state index contributed by atoms with van der Waals surface area (Å²) < 4.78 is 7.54. The Morgan fingerprint density at radius 3 is 2.91 bits per heavy atom. The van der Waals surface area contributed by atoms with Gasteiger partial charge in [0.2, 0.25) is 5.44 Å². The molecule has 0 bridgehead atoms. The fourth-order valence-corrected chi connectivity index (χ4v) is 7.55. The number of hydrogen-bond donors (Lipinski definition) is 2. The maximum atomic E-state index is 10.5. The Morgan fingerprint density at radius 1 is 1.22 bits per heavy atom. The van der Waals surface area contributed by atoms with Crippen LogP contribution in [0.1, 0.15) is 25.7 Å². The number of piperidine rings is 1. The summed E-state index contributed by atoms with van der Waals surface area (Å²) in [5.74, 6) is 1.49. The Morgan fingerprint density at radius 2 is 2.04 bits per heavy atom. The molecule has 4 rings (SSSR count). The predicted octanol–water partition coefficient (Wildman–Crippen LogP) is 3.33. The highest BCUT2D eigenvalue weighted by Crippen LogP contribution is 2.38. The Kier molecular flexibility index (Phi) is 4.92. The second kappa shape index (κ2) is 7.11. The fraction of sp³-hybridized carbons (Fsp3) is 0.556. The molecule has 3 unspecified atom stereocenters. The van der Waals surface area contributed by atoms with E-state index in [2.05, 4.69) is 35.0 Å². The zero-order valence-electron chi connectivity index (χ0n) is 13.2. The van der Waals surface area contributed by atoms with Gasteiger partial charge in [0.05, 0.1) is 10.9 Å². The molecule has 0 aliphatic carbocycles. The number of fused-ring (bicyclic) bond motifs is 1. The number of benzene rings is 1. The number of ether oxygens (including phenoxy) is 1. The molecule has 0 radical (unpaired) electrons. The molecule has 23 heavy (non-hydrogen) atoms. The highest BCUT2D eigenvalue weighted by molar-refractivity contribution is 7.98. The number of aliphatic hydroxyl groups excluding tert-OH is 1. The van der Waals surface area contributed by atoms with E-state index in [-0.39, 0.29) is 16.3 Å². The molecule has 0 spiro atoms. The minimum atomic E-state index is -0.597. The summed E-state index contributed by atoms with van der Waals surface area (Å²) in [4.78, 5) is 1.45. The quantitative estimate of drug-likeness (QED) is 0.656. The summed E-state index contributed by atoms with van der Waals surface area (Å²) in [6, 6.07) is 8.66. The van der Waals surface area contributed by atoms with Crippen LogP contribution in [0.2, 0.25) is 0 Å². The zero-order valence-corrected chi connectivity index (χ0v) is 14.9. The molecule has 2 N–H and O–H groups in total. The van der Waals surface area contributed by atoms with Crippen molar-refractivity contribution in [3.8, 4) is 0 Å². The van der Waals surface area contributed by atoms with Crippen LogP contribution in [0.5, 0.6) is 0 Å². The van der Waals surface area contributed by atoms with E-state index in [0.29, 0.717) is 5.92 Å². The van der Waals surface area contributed by atoms with Crippen LogP contribution in [-0.4, -0.2) is 35.7 Å². The Hall–Kier alpha value is -0.590. The third kappa shape index (κ3) is 3.30. The molecule has 3 atom stereocenters. The van der Waals surface area contributed by atoms with Crippen LogP contribution in [0.3, 0.4) is 0 Å². The highest BCUT2D eigenvalue weighted by atomic mass is 32.2. The Bertz CT molecular complexity index is 653. The van der Waals surface area contributed by atoms with Crippen LogP contribution in [0.4, 0.5) is 0 Å². The third-order valence-corrected chi connectivity index (χ3v) is 8.65. The van der Waals surface area contributed by atoms with Gasteiger partial charge in [-0.2, -0.15) is 0 Å². The van der Waals surface area contributed by atoms with Crippen LogP contribution in [0, 0.1) is 5.92 Å². The molecule has 2 saturated heterocycles. The molecule has 1 aromatic carbocycles. The van der Waals surface area contributed by atoms with Crippen molar-refractivity contribution in [2.45, 2.75) is 42.3 Å². The zero-order chi connectivity index (χ0) is 15.6. The molecule has 2 aromatic rings. The standard InChI is InChI=1S/C18H24NO2S2/c20-18(13-7-9-19-10-8-13)21-17-6-3-11-23(17)16-12-22-15-5-2-1-4-14(15)16/h1-2,4-5,12-13,17-20H,3,6-11H2/q+1. The second-order valence-corrected chi connectivity index (χ2v) is 9.56. The summed E-state index contributed by atoms with van der Waals surface area (Å²) in [6.45, 7) is 1.99. The SMILES string of the molecule is OC(OC1CCC[S+]1c1csc2ccccc12)C1CCNCC1. The van der Waals surface area contributed by atoms with Gasteiger partial charge < -0.3 is 15.2 Å². The first-order valence-corrected chi connectivity index (χ1v) is 10.9. The first kappa shape index (κ1) is 15.9. The van der Waals surface area contributed by atoms with Crippen LogP contribution in [0.15, 0.2) is 34.5 Å². The average molecular weight is 351 g/mol. The van der Waals surface area contributed by atoms with Crippen LogP contribution in [0.25, 0.3) is 10.1 Å². The Labute approximate surface area is 144 Å². The van der Waals surface area contributed by atoms with E-state index in [9.17, 15) is 5.11 Å². The van der Waals surface area contributed by atoms with Crippen molar-refractivity contribution < 1.29 is 9.84 Å². The molecule has 124 valence electrons. The van der Waals surface area contributed by atoms with Crippen LogP contribution < -0.4 is 5.32 Å². The summed E-state index contributed by atoms with van der Waals surface area (Å²) in [7, 11) is 0.116. The molecule has 3 nitrogen and oxygen atoms in total. The van der Waals surface area contributed by atoms with Gasteiger partial charge in [0.1, 0.15) is 5.75 Å². The molecule has 1 aromatic heterocycles. The van der Waals surface area contributed by atoms with Crippen molar-refractivity contribution in [2.75, 3.05) is 18.8 Å². The number of nitrogens with one attached hydrogen (secondary N) is 1. The summed E-state index contributed by atoms with van der Waals surface area (Å²) in [6.07, 6.45) is 3.72. The smallest absolute Gasteiger partial charge is 0.226 e. The minimum Gasteiger partial charge on any atom is -0.368 e. The van der Waals surface area contributed by atoms with Gasteiger partial charge in [0.15, 0.2) is 11.2 Å². The molecular formula is C18H24NO2S2+. The number of rotatable bonds is 4. The van der Waals surface area contributed by atoms with Crippen molar-refractivity contribution in [3.05, 3.63) is 29.6 Å². The number of hydrogen-bond acceptors (Lipinski definition) is 4. The van der Waals surface area contributed by atoms with E-state index >= 15 is 0 Å². The van der Waals surface area contributed by atoms with Gasteiger partial charge in [-0.3, -0.25) is 0 Å². The predicted molar refractivity (Wildman–Crippen MR) is 98.0 cm³/mol. The lowest BCUT2D eigenvalue weighted by molar-refractivity contribution is -0.148. The van der Waals surface area contributed by atoms with E-state index in [1.54, 1.807) is 0 Å². The summed E-state index contributed by atoms with van der Waals surface area (Å²) in [5, 5.41) is 17.6. The normalized spacial score (nSPS) is 27.5. The van der Waals surface area contributed by atoms with Gasteiger partial charge in [-0.1, -0.05) is 12.1 Å². The molecule has 0 saturated carbocycles. The highest BCUT2D eigenvalue weighted by Gasteiger charge is 2.43. The van der Waals surface area contributed by atoms with Gasteiger partial charge in [-0.25, -0.2) is 0 Å². The summed E-state index contributed by atoms with van der Waals surface area (Å²) in [5.41, 5.74) is 0.192. The second-order valence-electron chi connectivity index (χ2n) is 6.41. The van der Waals surface area contributed by atoms with Gasteiger partial charge in [0, 0.05) is 27.8 Å². The first-order chi connectivity index (χ1) is 11.3. The lowest BCUT2D eigenvalue weighted by Gasteiger charge is -2.28. The average Bonchev–Trinajstić information content (AvgIpc) is 3.22. The Balaban J connectivity index is 1.50. The van der Waals surface area contributed by atoms with Gasteiger partial charge >= 0.3 is 0 Å². The minimum absolute atomic E-state index is 0.116. The molecule has 3 heterocycles. The third-order valence-electron chi connectivity index (χ3n) is 4.93. The fourth-order valence-electron chi connectivity index (χ4n) is 3.62. The molecular weight excluding hydrogens is 326 g/mol. The van der Waals surface area contributed by atoms with Crippen LogP contribution >= 0.6 is 11.3 Å². The van der Waals surface area contributed by atoms with E-state index in [0.717, 1.165) is 32.4 Å². The van der Waals surface area contributed by atoms with Crippen molar-refractivity contribution >= 4 is 32.3 Å². The number of aliphatic hydroxyl groups is 1. The van der Waals surface area contributed by atoms with E-state index in [1.165, 1.54) is 27.2 Å². The van der Waals surface area contributed by atoms with E-state index < -0.39 is 6.29 Å². The largest absolute Gasteiger partial charge is 0.368 e. The lowest BCUT2D eigenvalue weighted by Crippen LogP contribution is -2.38. The monoisotopic (exact) mass is 350 g/mol. The van der Waals surface area contributed by atoms with Crippen molar-refractivity contribution in [2.24, 2.45) is 5.92 Å². The molecule has 5 heteroatoms. The molecule has 2 aliphatic rings. The maximum Gasteiger partial charge on any atom is 0.226 e. The lowest BCUT2D eigenvalue weighted by atomic mass is 9.98. The van der Waals surface area contributed by atoms with Crippen molar-refractivity contribution in [1.29, 1.82) is 0 Å². The van der Waals surface area contributed by atoms with Gasteiger partial charge in [0.25, 0.3) is 0 Å². The van der Waals surface area contributed by atoms with Crippen molar-refractivity contribution in [3.63, 3.8) is 0 Å². The molecule has 0 amide bonds. The molecule has 2 aliphatic heterocycles. The first-order valence-electron chi connectivity index (χ1n) is 8.53. The number of thiophene rings is 1. The maximum absolute atomic E-state index is 10.5. The van der Waals surface area contributed by atoms with E-state index in [4.69, 9.17) is 4.74 Å². The van der Waals surface area contributed by atoms with E-state index in [1.807, 2.05) is 11.3 Å². The molecule has 2 fully saturated rings. The summed E-state index contributed by atoms with van der Waals surface area (Å²) >= 11 is 1.83. The topological polar surface area (TPSA) is 41.5 Å². The van der Waals surface area contributed by atoms with Crippen molar-refractivity contribution in [1.82, 2.24) is 5.32 Å². The van der Waals surface area contributed by atoms with Gasteiger partial charge in [-0.15, -0.1) is 11.3 Å².